The van der Waals surface area contributed by atoms with Gasteiger partial charge in [0.05, 0.1) is 16.8 Å². The third-order valence-corrected chi connectivity index (χ3v) is 7.90. The Hall–Kier alpha value is -1.41. The molecule has 32 heavy (non-hydrogen) atoms. The summed E-state index contributed by atoms with van der Waals surface area (Å²) in [4.78, 5) is 14.8. The number of aliphatic hydroxyl groups is 1. The number of carboxylic acids is 1. The number of carbonyl (C=O) groups is 1. The molecule has 0 aromatic rings. The highest BCUT2D eigenvalue weighted by molar-refractivity contribution is 7.87. The van der Waals surface area contributed by atoms with Crippen molar-refractivity contribution in [2.45, 2.75) is 83.0 Å². The Bertz CT molecular complexity index is 849. The van der Waals surface area contributed by atoms with Crippen LogP contribution in [0.15, 0.2) is 5.11 Å². The summed E-state index contributed by atoms with van der Waals surface area (Å²) in [5.74, 6) is -2.12. The van der Waals surface area contributed by atoms with Crippen molar-refractivity contribution in [1.29, 1.82) is 0 Å². The van der Waals surface area contributed by atoms with Crippen molar-refractivity contribution in [3.8, 4) is 0 Å². The minimum atomic E-state index is -4.09. The van der Waals surface area contributed by atoms with Crippen molar-refractivity contribution in [3.63, 3.8) is 0 Å². The topological polar surface area (TPSA) is 174 Å². The Morgan fingerprint density at radius 3 is 2.34 bits per heavy atom. The largest absolute Gasteiger partial charge is 0.481 e. The van der Waals surface area contributed by atoms with Gasteiger partial charge < -0.3 is 19.5 Å². The van der Waals surface area contributed by atoms with E-state index in [0.717, 1.165) is 4.31 Å². The first-order chi connectivity index (χ1) is 14.5. The van der Waals surface area contributed by atoms with Crippen LogP contribution in [-0.2, 0) is 24.3 Å². The minimum Gasteiger partial charge on any atom is -0.481 e. The summed E-state index contributed by atoms with van der Waals surface area (Å²) in [5.41, 5.74) is 4.82. The van der Waals surface area contributed by atoms with Crippen LogP contribution in [0.1, 0.15) is 54.4 Å². The second-order valence-electron chi connectivity index (χ2n) is 10.2. The smallest absolute Gasteiger partial charge is 0.457 e. The van der Waals surface area contributed by atoms with Crippen LogP contribution in [0.4, 0.5) is 0 Å². The first-order valence-electron chi connectivity index (χ1n) is 10.6. The van der Waals surface area contributed by atoms with Crippen LogP contribution < -0.4 is 4.72 Å². The zero-order valence-electron chi connectivity index (χ0n) is 19.5. The molecule has 12 nitrogen and oxygen atoms in total. The molecule has 2 unspecified atom stereocenters. The summed E-state index contributed by atoms with van der Waals surface area (Å²) in [5, 5.41) is 23.2. The lowest BCUT2D eigenvalue weighted by Gasteiger charge is -2.32. The normalized spacial score (nSPS) is 28.0. The van der Waals surface area contributed by atoms with Gasteiger partial charge in [-0.05, 0) is 65.7 Å². The molecule has 2 heterocycles. The molecule has 0 bridgehead atoms. The Balaban J connectivity index is 2.13. The van der Waals surface area contributed by atoms with Gasteiger partial charge in [0.15, 0.2) is 5.54 Å². The predicted octanol–water partition coefficient (Wildman–Crippen LogP) is 1.53. The molecule has 14 heteroatoms. The fourth-order valence-electron chi connectivity index (χ4n) is 3.82. The number of rotatable bonds is 10. The molecule has 2 fully saturated rings. The molecule has 2 saturated heterocycles. The Labute approximate surface area is 189 Å². The van der Waals surface area contributed by atoms with E-state index >= 15 is 0 Å². The second-order valence-corrected chi connectivity index (χ2v) is 11.9. The van der Waals surface area contributed by atoms with Crippen molar-refractivity contribution >= 4 is 23.3 Å². The monoisotopic (exact) mass is 475 g/mol. The van der Waals surface area contributed by atoms with Gasteiger partial charge in [-0.15, -0.1) is 0 Å². The summed E-state index contributed by atoms with van der Waals surface area (Å²) in [6.07, 6.45) is 1.27. The molecule has 2 aliphatic rings. The van der Waals surface area contributed by atoms with Crippen molar-refractivity contribution < 1.29 is 32.7 Å². The fraction of sp³-hybridized carbons (Fsp3) is 0.944. The number of carboxylic acid groups (broad SMARTS) is 1. The van der Waals surface area contributed by atoms with Crippen LogP contribution >= 0.6 is 0 Å². The highest BCUT2D eigenvalue weighted by Crippen LogP contribution is 2.40. The van der Waals surface area contributed by atoms with E-state index < -0.39 is 58.1 Å². The average Bonchev–Trinajstić information content (AvgIpc) is 3.09. The maximum Gasteiger partial charge on any atom is 0.457 e. The number of aliphatic carboxylic acids is 1. The maximum atomic E-state index is 12.7. The standard InChI is InChI=1S/C18H34BN5O7S/c1-15(2,27)11-21-32(28,29)24-10-13(18(12-24,14(25)26)22-23-20)8-7-9-19-30-16(3,4)17(5,6)31-19/h13,21,27H,7-12H2,1-6H3,(H,25,26). The summed E-state index contributed by atoms with van der Waals surface area (Å²) in [6, 6.07) is 0. The van der Waals surface area contributed by atoms with Crippen LogP contribution in [0.2, 0.25) is 6.32 Å². The highest BCUT2D eigenvalue weighted by Gasteiger charge is 2.55. The zero-order valence-corrected chi connectivity index (χ0v) is 20.3. The lowest BCUT2D eigenvalue weighted by molar-refractivity contribution is -0.144. The molecule has 2 rings (SSSR count). The van der Waals surface area contributed by atoms with Crippen molar-refractivity contribution in [3.05, 3.63) is 10.4 Å². The molecule has 0 aliphatic carbocycles. The van der Waals surface area contributed by atoms with Crippen molar-refractivity contribution in [2.24, 2.45) is 11.0 Å². The molecule has 182 valence electrons. The molecule has 2 atom stereocenters. The van der Waals surface area contributed by atoms with Crippen molar-refractivity contribution in [1.82, 2.24) is 9.03 Å². The lowest BCUT2D eigenvalue weighted by Crippen LogP contribution is -2.48. The second kappa shape index (κ2) is 9.09. The Morgan fingerprint density at radius 1 is 1.31 bits per heavy atom. The number of nitrogens with zero attached hydrogens (tertiary/aromatic N) is 4. The molecule has 3 N–H and O–H groups in total. The van der Waals surface area contributed by atoms with E-state index in [1.54, 1.807) is 0 Å². The van der Waals surface area contributed by atoms with Gasteiger partial charge in [-0.2, -0.15) is 17.4 Å². The van der Waals surface area contributed by atoms with E-state index in [0.29, 0.717) is 19.2 Å². The van der Waals surface area contributed by atoms with E-state index in [1.807, 2.05) is 27.7 Å². The summed E-state index contributed by atoms with van der Waals surface area (Å²) >= 11 is 0. The molecule has 0 saturated carbocycles. The van der Waals surface area contributed by atoms with E-state index in [4.69, 9.17) is 14.8 Å². The number of nitrogens with one attached hydrogen (secondary N) is 1. The molecule has 0 amide bonds. The van der Waals surface area contributed by atoms with E-state index in [-0.39, 0.29) is 13.1 Å². The SMILES string of the molecule is CC(C)(O)CNS(=O)(=O)N1CC(CCCB2OC(C)(C)C(C)(C)O2)C(N=[N+]=[N-])(C(=O)O)C1. The number of hydrogen-bond acceptors (Lipinski definition) is 7. The van der Waals surface area contributed by atoms with Gasteiger partial charge in [0, 0.05) is 24.5 Å². The highest BCUT2D eigenvalue weighted by atomic mass is 32.2. The fourth-order valence-corrected chi connectivity index (χ4v) is 5.28. The van der Waals surface area contributed by atoms with Crippen LogP contribution in [0.25, 0.3) is 10.4 Å². The molecule has 0 spiro atoms. The minimum absolute atomic E-state index is 0.129. The van der Waals surface area contributed by atoms with Gasteiger partial charge >= 0.3 is 13.1 Å². The molecule has 0 radical (unpaired) electrons. The van der Waals surface area contributed by atoms with Gasteiger partial charge in [0.25, 0.3) is 10.2 Å². The summed E-state index contributed by atoms with van der Waals surface area (Å²) in [7, 11) is -4.56. The third-order valence-electron chi connectivity index (χ3n) is 6.43. The van der Waals surface area contributed by atoms with E-state index in [2.05, 4.69) is 14.7 Å². The van der Waals surface area contributed by atoms with Gasteiger partial charge in [0.2, 0.25) is 0 Å². The van der Waals surface area contributed by atoms with Crippen molar-refractivity contribution in [2.75, 3.05) is 19.6 Å². The van der Waals surface area contributed by atoms with Crippen LogP contribution in [0.5, 0.6) is 0 Å². The van der Waals surface area contributed by atoms with Gasteiger partial charge in [-0.3, -0.25) is 4.79 Å². The Kier molecular flexibility index (Phi) is 7.63. The number of azide groups is 1. The predicted molar refractivity (Wildman–Crippen MR) is 118 cm³/mol. The molecular formula is C18H34BN5O7S. The first-order valence-corrected chi connectivity index (χ1v) is 12.0. The quantitative estimate of drug-likeness (QED) is 0.186. The molecular weight excluding hydrogens is 441 g/mol. The summed E-state index contributed by atoms with van der Waals surface area (Å²) < 4.78 is 40.6. The molecule has 0 aromatic heterocycles. The van der Waals surface area contributed by atoms with Crippen LogP contribution in [-0.4, -0.2) is 78.0 Å². The molecule has 2 aliphatic heterocycles. The van der Waals surface area contributed by atoms with Crippen LogP contribution in [0.3, 0.4) is 0 Å². The number of hydrogen-bond donors (Lipinski definition) is 3. The first kappa shape index (κ1) is 26.8. The molecule has 0 aromatic carbocycles. The lowest BCUT2D eigenvalue weighted by atomic mass is 9.78. The van der Waals surface area contributed by atoms with E-state index in [1.165, 1.54) is 13.8 Å². The van der Waals surface area contributed by atoms with Gasteiger partial charge in [-0.25, -0.2) is 0 Å². The maximum absolute atomic E-state index is 12.7. The van der Waals surface area contributed by atoms with Gasteiger partial charge in [0.1, 0.15) is 0 Å². The van der Waals surface area contributed by atoms with Crippen LogP contribution in [0, 0.1) is 5.92 Å². The zero-order chi connectivity index (χ0) is 24.6. The summed E-state index contributed by atoms with van der Waals surface area (Å²) in [6.45, 7) is 9.76. The average molecular weight is 475 g/mol. The third kappa shape index (κ3) is 5.74. The van der Waals surface area contributed by atoms with Gasteiger partial charge in [-0.1, -0.05) is 11.5 Å². The van der Waals surface area contributed by atoms with E-state index in [9.17, 15) is 23.4 Å². The Morgan fingerprint density at radius 2 is 1.88 bits per heavy atom.